The van der Waals surface area contributed by atoms with E-state index in [0.29, 0.717) is 15.6 Å². The number of piperidine rings is 1. The van der Waals surface area contributed by atoms with Crippen molar-refractivity contribution >= 4 is 70.7 Å². The molecule has 0 bridgehead atoms. The molecule has 4 saturated heterocycles. The zero-order valence-electron chi connectivity index (χ0n) is 53.0. The van der Waals surface area contributed by atoms with Crippen molar-refractivity contribution in [3.8, 4) is 32.6 Å². The van der Waals surface area contributed by atoms with Crippen LogP contribution in [0.15, 0.2) is 66.7 Å². The Hall–Kier alpha value is -7.26. The Morgan fingerprint density at radius 3 is 2.07 bits per heavy atom. The van der Waals surface area contributed by atoms with E-state index in [1.165, 1.54) is 36.5 Å². The van der Waals surface area contributed by atoms with Crippen molar-refractivity contribution in [1.29, 1.82) is 0 Å². The number of fused-ring (bicyclic) bond motifs is 2. The van der Waals surface area contributed by atoms with E-state index in [2.05, 4.69) is 63.3 Å². The first kappa shape index (κ1) is 74.5. The second-order valence-corrected chi connectivity index (χ2v) is 25.8. The van der Waals surface area contributed by atoms with Gasteiger partial charge >= 0.3 is 0 Å². The van der Waals surface area contributed by atoms with Crippen LogP contribution in [0.5, 0.6) is 11.5 Å². The van der Waals surface area contributed by atoms with E-state index in [0.717, 1.165) is 85.5 Å². The van der Waals surface area contributed by atoms with Crippen LogP contribution in [0.25, 0.3) is 21.1 Å². The zero-order valence-corrected chi connectivity index (χ0v) is 54.7. The van der Waals surface area contributed by atoms with Gasteiger partial charge in [-0.1, -0.05) is 59.2 Å². The van der Waals surface area contributed by atoms with Gasteiger partial charge in [-0.05, 0) is 93.2 Å². The molecule has 4 aliphatic heterocycles. The minimum Gasteiger partial charge on any atom is -0.504 e. The van der Waals surface area contributed by atoms with Gasteiger partial charge < -0.3 is 101 Å². The summed E-state index contributed by atoms with van der Waals surface area (Å²) < 4.78 is 15.4. The van der Waals surface area contributed by atoms with Crippen molar-refractivity contribution in [2.45, 2.75) is 157 Å². The van der Waals surface area contributed by atoms with E-state index in [1.54, 1.807) is 12.1 Å². The smallest absolute Gasteiger partial charge is 0.261 e. The molecular weight excluding hydrogens is 1300 g/mol. The Morgan fingerprint density at radius 1 is 0.781 bits per heavy atom. The minimum atomic E-state index is -2.16. The number of hydrogen-bond donors (Lipinski definition) is 16. The van der Waals surface area contributed by atoms with E-state index in [4.69, 9.17) is 14.2 Å². The Balaban J connectivity index is 1.06. The number of phenolic OH excluding ortho intramolecular Hbond substituents is 1. The summed E-state index contributed by atoms with van der Waals surface area (Å²) in [5.41, 5.74) is 2.65. The molecule has 8 rings (SSSR count). The molecule has 0 saturated carbocycles. The van der Waals surface area contributed by atoms with Crippen molar-refractivity contribution in [3.05, 3.63) is 77.9 Å². The van der Waals surface area contributed by atoms with Gasteiger partial charge in [-0.3, -0.25) is 33.6 Å². The van der Waals surface area contributed by atoms with Gasteiger partial charge in [0.2, 0.25) is 35.4 Å². The molecule has 0 aliphatic carbocycles. The molecule has 16 N–H and O–H groups in total. The van der Waals surface area contributed by atoms with Gasteiger partial charge in [0.1, 0.15) is 46.3 Å². The highest BCUT2D eigenvalue weighted by atomic mass is 32.2. The normalized spacial score (nSPS) is 25.4. The monoisotopic (exact) mass is 1380 g/mol. The number of amides is 7. The maximum absolute atomic E-state index is 15.0. The van der Waals surface area contributed by atoms with Crippen molar-refractivity contribution in [2.75, 3.05) is 64.0 Å². The summed E-state index contributed by atoms with van der Waals surface area (Å²) >= 11 is 1.39. The highest BCUT2D eigenvalue weighted by Gasteiger charge is 2.50. The molecule has 34 heteroatoms. The van der Waals surface area contributed by atoms with E-state index < -0.39 is 184 Å². The number of hydrogen-bond acceptors (Lipinski definition) is 27. The Labute approximate surface area is 560 Å². The summed E-state index contributed by atoms with van der Waals surface area (Å²) in [7, 11) is 0. The van der Waals surface area contributed by atoms with Gasteiger partial charge in [0, 0.05) is 86.9 Å². The number of nitrogens with zero attached hydrogens (tertiary/aromatic N) is 5. The molecule has 1 aromatic heterocycles. The molecule has 4 aromatic rings. The number of carbonyl (C=O) groups is 7. The first-order valence-corrected chi connectivity index (χ1v) is 33.2. The molecule has 3 aromatic carbocycles. The fraction of sp³-hybridized carbons (Fsp3) is 0.565. The quantitative estimate of drug-likeness (QED) is 0.0156. The highest BCUT2D eigenvalue weighted by Crippen LogP contribution is 2.34. The Kier molecular flexibility index (Phi) is 27.4. The van der Waals surface area contributed by atoms with Crippen LogP contribution in [0.1, 0.15) is 81.6 Å². The van der Waals surface area contributed by atoms with Gasteiger partial charge in [0.05, 0.1) is 62.0 Å². The lowest BCUT2D eigenvalue weighted by Gasteiger charge is -2.34. The molecule has 4 fully saturated rings. The lowest BCUT2D eigenvalue weighted by atomic mass is 9.98. The fourth-order valence-corrected chi connectivity index (χ4v) is 12.9. The average molecular weight is 1380 g/mol. The second kappa shape index (κ2) is 35.3. The number of nitrogens with one attached hydrogen (secondary N) is 6. The third kappa shape index (κ3) is 19.3. The van der Waals surface area contributed by atoms with Crippen LogP contribution < -0.4 is 41.0 Å². The summed E-state index contributed by atoms with van der Waals surface area (Å²) in [6, 6.07) is 5.43. The molecule has 0 radical (unpaired) electrons. The lowest BCUT2D eigenvalue weighted by Crippen LogP contribution is -2.64. The number of aromatic hydroxyl groups is 1. The Morgan fingerprint density at radius 2 is 1.43 bits per heavy atom. The van der Waals surface area contributed by atoms with Crippen LogP contribution in [-0.2, 0) is 49.3 Å². The van der Waals surface area contributed by atoms with E-state index in [-0.39, 0.29) is 48.4 Å². The molecule has 0 spiro atoms. The van der Waals surface area contributed by atoms with E-state index in [9.17, 15) is 79.5 Å². The number of ether oxygens (including phenoxy) is 1. The van der Waals surface area contributed by atoms with E-state index in [1.807, 2.05) is 24.3 Å². The number of aliphatic hydroxyl groups excluding tert-OH is 8. The van der Waals surface area contributed by atoms with Crippen LogP contribution in [0, 0.1) is 5.92 Å². The van der Waals surface area contributed by atoms with Crippen molar-refractivity contribution in [2.24, 2.45) is 5.92 Å². The predicted molar refractivity (Wildman–Crippen MR) is 343 cm³/mol. The molecule has 7 amide bonds. The number of carbonyl (C=O) groups excluding carboxylic acids is 7. The Bertz CT molecular complexity index is 3260. The SMILES string of the molecule is CCCCOC1CCN(c2ccc(-c3nnc(-c4ccc(C(=O)N[C@H]5C[C@@H](O)CNC(=O)[C@@H]6[C@@H](O)[C@@H](C)CN6C(=O)[C@H]([C@H](O)CCNC(CO)CO)NC(=O)[C@H]([C@H](O)Cc6ccc(O)c(OSOOO)c6)NC(=O)[C@@H]6C[C@@H](O)CN6C(=O)[C@H]([C@@H](C)O)NC5=O)cc4)s3)cc2)CC1. The molecular formula is C62H85N11O21S2. The number of aliphatic hydroxyl groups is 8. The number of unbranched alkanes of at least 4 members (excludes halogenated alkanes) is 1. The summed E-state index contributed by atoms with van der Waals surface area (Å²) in [5, 5.41) is 136. The summed E-state index contributed by atoms with van der Waals surface area (Å²) in [6.45, 7) is 4.36. The number of phenols is 1. The number of anilines is 1. The van der Waals surface area contributed by atoms with Gasteiger partial charge in [-0.15, -0.1) is 10.2 Å². The molecule has 0 unspecified atom stereocenters. The van der Waals surface area contributed by atoms with Crippen molar-refractivity contribution < 1.29 is 103 Å². The van der Waals surface area contributed by atoms with Crippen molar-refractivity contribution in [3.63, 3.8) is 0 Å². The fourth-order valence-electron chi connectivity index (χ4n) is 11.8. The number of aromatic nitrogens is 2. The maximum Gasteiger partial charge on any atom is 0.261 e. The predicted octanol–water partition coefficient (Wildman–Crippen LogP) is -1.99. The molecule has 5 heterocycles. The summed E-state index contributed by atoms with van der Waals surface area (Å²) in [5.74, 6) is -9.61. The number of β-amino-alcohol motifs (C(OH)–C–C–N with tert-alkyl or cyclic N) is 1. The van der Waals surface area contributed by atoms with Crippen LogP contribution in [0.3, 0.4) is 0 Å². The van der Waals surface area contributed by atoms with Gasteiger partial charge in [0.25, 0.3) is 18.2 Å². The third-order valence-corrected chi connectivity index (χ3v) is 18.7. The van der Waals surface area contributed by atoms with E-state index >= 15 is 0 Å². The standard InChI is InChI=1S/C62H85N11O21S2/c1-4-5-22-91-42-17-20-71(21-18-42)39-13-11-37(12-14-39)60-70-69-59(95-60)36-9-7-35(8-10-36)54(83)65-43-25-40(77)27-64-58(87)52-53(82)32(2)28-73(52)62(89)51(46(80)16-19-63-38(30-74)31-75)68-57(86)50(47(81)23-34-6-15-45(79)48(24-34)92-96-94-93-90)67-56(85)44-26-41(78)29-72(44)61(88)49(33(3)76)66-55(43)84/h6-15,24,32-33,38,40-44,46-47,49-53,63,74-82,90H,4-5,16-23,25-31H2,1-3H3,(H,64,87)(H,65,83)(H,66,84)(H,67,85)(H,68,86)/t32-,33+,40+,41+,43-,44-,46+,47+,49-,50-,51-,52-,53-/m0/s1. The lowest BCUT2D eigenvalue weighted by molar-refractivity contribution is -0.433. The number of benzene rings is 3. The molecule has 96 heavy (non-hydrogen) atoms. The first-order valence-electron chi connectivity index (χ1n) is 31.7. The summed E-state index contributed by atoms with van der Waals surface area (Å²) in [6.07, 6.45) is -8.37. The van der Waals surface area contributed by atoms with Gasteiger partial charge in [0.15, 0.2) is 11.5 Å². The average Bonchev–Trinajstić information content (AvgIpc) is 1.64. The second-order valence-electron chi connectivity index (χ2n) is 24.3. The van der Waals surface area contributed by atoms with Gasteiger partial charge in [-0.25, -0.2) is 5.26 Å². The van der Waals surface area contributed by atoms with Crippen LogP contribution in [0.4, 0.5) is 5.69 Å². The molecule has 4 aliphatic rings. The molecule has 13 atom stereocenters. The van der Waals surface area contributed by atoms with Crippen LogP contribution >= 0.6 is 23.7 Å². The largest absolute Gasteiger partial charge is 0.504 e. The third-order valence-electron chi connectivity index (χ3n) is 17.3. The first-order chi connectivity index (χ1) is 46.0. The summed E-state index contributed by atoms with van der Waals surface area (Å²) in [4.78, 5) is 106. The minimum absolute atomic E-state index is 0.0159. The topological polar surface area (TPSA) is 466 Å². The van der Waals surface area contributed by atoms with Gasteiger partial charge in [-0.2, -0.15) is 0 Å². The number of rotatable bonds is 24. The van der Waals surface area contributed by atoms with Crippen LogP contribution in [0.2, 0.25) is 0 Å². The molecule has 32 nitrogen and oxygen atoms in total. The zero-order chi connectivity index (χ0) is 69.3. The molecule has 526 valence electrons. The maximum atomic E-state index is 15.0. The van der Waals surface area contributed by atoms with Crippen molar-refractivity contribution in [1.82, 2.24) is 51.9 Å². The highest BCUT2D eigenvalue weighted by molar-refractivity contribution is 7.90. The van der Waals surface area contributed by atoms with Crippen LogP contribution in [-0.4, -0.2) is 257 Å².